The Kier molecular flexibility index (Phi) is 7.54. The van der Waals surface area contributed by atoms with Crippen LogP contribution < -0.4 is 5.32 Å². The molecule has 6 nitrogen and oxygen atoms in total. The van der Waals surface area contributed by atoms with Crippen LogP contribution in [0.5, 0.6) is 0 Å². The van der Waals surface area contributed by atoms with Crippen molar-refractivity contribution in [2.24, 2.45) is 12.0 Å². The van der Waals surface area contributed by atoms with Gasteiger partial charge in [0.25, 0.3) is 0 Å². The number of rotatable bonds is 4. The van der Waals surface area contributed by atoms with Crippen LogP contribution >= 0.6 is 24.0 Å². The Morgan fingerprint density at radius 3 is 3.04 bits per heavy atom. The molecule has 2 aliphatic heterocycles. The van der Waals surface area contributed by atoms with Gasteiger partial charge in [0.15, 0.2) is 5.96 Å². The summed E-state index contributed by atoms with van der Waals surface area (Å²) in [7, 11) is 3.84. The molecule has 1 saturated heterocycles. The molecule has 1 aromatic rings. The van der Waals surface area contributed by atoms with Gasteiger partial charge in [-0.05, 0) is 24.8 Å². The van der Waals surface area contributed by atoms with Crippen LogP contribution in [0.15, 0.2) is 29.0 Å². The zero-order chi connectivity index (χ0) is 16.1. The van der Waals surface area contributed by atoms with Crippen molar-refractivity contribution in [1.29, 1.82) is 0 Å². The van der Waals surface area contributed by atoms with Crippen molar-refractivity contribution in [2.45, 2.75) is 25.2 Å². The van der Waals surface area contributed by atoms with Crippen LogP contribution in [0.4, 0.5) is 0 Å². The van der Waals surface area contributed by atoms with E-state index in [4.69, 9.17) is 4.74 Å². The molecule has 0 radical (unpaired) electrons. The summed E-state index contributed by atoms with van der Waals surface area (Å²) in [5, 5.41) is 7.80. The second kappa shape index (κ2) is 9.41. The first-order chi connectivity index (χ1) is 11.3. The molecule has 1 aromatic heterocycles. The summed E-state index contributed by atoms with van der Waals surface area (Å²) in [6, 6.07) is 0. The van der Waals surface area contributed by atoms with E-state index in [2.05, 4.69) is 32.6 Å². The van der Waals surface area contributed by atoms with Crippen LogP contribution in [0.1, 0.15) is 30.7 Å². The van der Waals surface area contributed by atoms with Crippen LogP contribution in [0.2, 0.25) is 0 Å². The fraction of sp³-hybridized carbons (Fsp3) is 0.647. The van der Waals surface area contributed by atoms with E-state index in [0.717, 1.165) is 58.1 Å². The number of nitrogens with one attached hydrogen (secondary N) is 1. The number of nitrogens with zero attached hydrogens (tertiary/aromatic N) is 4. The lowest BCUT2D eigenvalue weighted by Crippen LogP contribution is -2.40. The number of hydrogen-bond acceptors (Lipinski definition) is 3. The molecule has 24 heavy (non-hydrogen) atoms. The van der Waals surface area contributed by atoms with Crippen LogP contribution in [0.3, 0.4) is 0 Å². The van der Waals surface area contributed by atoms with E-state index >= 15 is 0 Å². The Hall–Kier alpha value is -1.09. The summed E-state index contributed by atoms with van der Waals surface area (Å²) < 4.78 is 7.23. The van der Waals surface area contributed by atoms with Gasteiger partial charge in [0, 0.05) is 45.8 Å². The molecule has 1 N–H and O–H groups in total. The van der Waals surface area contributed by atoms with E-state index in [9.17, 15) is 0 Å². The summed E-state index contributed by atoms with van der Waals surface area (Å²) in [6.07, 6.45) is 9.62. The lowest BCUT2D eigenvalue weighted by molar-refractivity contribution is 0.153. The molecule has 1 fully saturated rings. The minimum atomic E-state index is 0. The highest BCUT2D eigenvalue weighted by Gasteiger charge is 2.26. The van der Waals surface area contributed by atoms with Gasteiger partial charge in [-0.25, -0.2) is 0 Å². The zero-order valence-electron chi connectivity index (χ0n) is 14.6. The first-order valence-corrected chi connectivity index (χ1v) is 8.46. The normalized spacial score (nSPS) is 21.4. The van der Waals surface area contributed by atoms with Gasteiger partial charge in [0.1, 0.15) is 0 Å². The zero-order valence-corrected chi connectivity index (χ0v) is 16.9. The Bertz CT molecular complexity index is 583. The molecule has 134 valence electrons. The molecule has 1 atom stereocenters. The van der Waals surface area contributed by atoms with Crippen LogP contribution in [0, 0.1) is 0 Å². The molecule has 0 bridgehead atoms. The molecular weight excluding hydrogens is 417 g/mol. The second-order valence-corrected chi connectivity index (χ2v) is 6.29. The standard InChI is InChI=1S/C17H27N5O.HI/c1-18-17(19-7-3-14-5-9-23-10-6-14)22-8-4-15(13-22)16-11-20-21(2)12-16;/h5,11-12,15H,3-4,6-10,13H2,1-2H3,(H,18,19);1H. The monoisotopic (exact) mass is 445 g/mol. The average molecular weight is 445 g/mol. The number of halogens is 1. The van der Waals surface area contributed by atoms with E-state index in [-0.39, 0.29) is 24.0 Å². The maximum absolute atomic E-state index is 5.35. The van der Waals surface area contributed by atoms with Crippen LogP contribution in [-0.2, 0) is 11.8 Å². The fourth-order valence-electron chi connectivity index (χ4n) is 3.34. The highest BCUT2D eigenvalue weighted by atomic mass is 127. The van der Waals surface area contributed by atoms with Crippen molar-refractivity contribution in [3.8, 4) is 0 Å². The first-order valence-electron chi connectivity index (χ1n) is 8.46. The molecule has 3 heterocycles. The maximum atomic E-state index is 5.35. The number of ether oxygens (including phenoxy) is 1. The largest absolute Gasteiger partial charge is 0.377 e. The van der Waals surface area contributed by atoms with E-state index in [0.29, 0.717) is 5.92 Å². The Morgan fingerprint density at radius 1 is 1.50 bits per heavy atom. The lowest BCUT2D eigenvalue weighted by atomic mass is 10.0. The van der Waals surface area contributed by atoms with Crippen molar-refractivity contribution in [3.63, 3.8) is 0 Å². The smallest absolute Gasteiger partial charge is 0.193 e. The molecule has 1 unspecified atom stereocenters. The SMILES string of the molecule is CN=C(NCCC1=CCOCC1)N1CCC(c2cnn(C)c2)C1.I. The number of likely N-dealkylation sites (tertiary alicyclic amines) is 1. The third-order valence-corrected chi connectivity index (χ3v) is 4.68. The van der Waals surface area contributed by atoms with Gasteiger partial charge < -0.3 is 15.0 Å². The number of hydrogen-bond donors (Lipinski definition) is 1. The highest BCUT2D eigenvalue weighted by Crippen LogP contribution is 2.26. The second-order valence-electron chi connectivity index (χ2n) is 6.29. The van der Waals surface area contributed by atoms with Gasteiger partial charge in [-0.15, -0.1) is 24.0 Å². The predicted octanol–water partition coefficient (Wildman–Crippen LogP) is 2.14. The number of aryl methyl sites for hydroxylation is 1. The predicted molar refractivity (Wildman–Crippen MR) is 107 cm³/mol. The molecule has 7 heteroatoms. The van der Waals surface area contributed by atoms with Crippen molar-refractivity contribution in [1.82, 2.24) is 20.0 Å². The average Bonchev–Trinajstić information content (AvgIpc) is 3.21. The quantitative estimate of drug-likeness (QED) is 0.334. The topological polar surface area (TPSA) is 54.7 Å². The van der Waals surface area contributed by atoms with Crippen molar-refractivity contribution >= 4 is 29.9 Å². The van der Waals surface area contributed by atoms with Gasteiger partial charge in [0.2, 0.25) is 0 Å². The van der Waals surface area contributed by atoms with Crippen molar-refractivity contribution < 1.29 is 4.74 Å². The van der Waals surface area contributed by atoms with Gasteiger partial charge >= 0.3 is 0 Å². The van der Waals surface area contributed by atoms with Crippen molar-refractivity contribution in [2.75, 3.05) is 39.9 Å². The van der Waals surface area contributed by atoms with Crippen molar-refractivity contribution in [3.05, 3.63) is 29.6 Å². The van der Waals surface area contributed by atoms with Crippen LogP contribution in [-0.4, -0.2) is 60.5 Å². The molecule has 3 rings (SSSR count). The number of aliphatic imine (C=N–C) groups is 1. The van der Waals surface area contributed by atoms with E-state index in [1.807, 2.05) is 25.0 Å². The molecule has 0 aliphatic carbocycles. The van der Waals surface area contributed by atoms with E-state index in [1.165, 1.54) is 11.1 Å². The summed E-state index contributed by atoms with van der Waals surface area (Å²) in [5.41, 5.74) is 2.83. The highest BCUT2D eigenvalue weighted by molar-refractivity contribution is 14.0. The summed E-state index contributed by atoms with van der Waals surface area (Å²) in [5.74, 6) is 1.57. The maximum Gasteiger partial charge on any atom is 0.193 e. The van der Waals surface area contributed by atoms with Gasteiger partial charge in [0.05, 0.1) is 19.4 Å². The molecular formula is C17H28IN5O. The number of guanidine groups is 1. The lowest BCUT2D eigenvalue weighted by Gasteiger charge is -2.22. The molecule has 0 aromatic carbocycles. The number of aromatic nitrogens is 2. The first kappa shape index (κ1) is 19.2. The summed E-state index contributed by atoms with van der Waals surface area (Å²) >= 11 is 0. The summed E-state index contributed by atoms with van der Waals surface area (Å²) in [6.45, 7) is 4.63. The molecule has 2 aliphatic rings. The third kappa shape index (κ3) is 4.95. The minimum absolute atomic E-state index is 0. The van der Waals surface area contributed by atoms with Gasteiger partial charge in [-0.1, -0.05) is 11.6 Å². The third-order valence-electron chi connectivity index (χ3n) is 4.68. The Labute approximate surface area is 161 Å². The molecule has 0 amide bonds. The fourth-order valence-corrected chi connectivity index (χ4v) is 3.34. The van der Waals surface area contributed by atoms with Gasteiger partial charge in [-0.2, -0.15) is 5.10 Å². The minimum Gasteiger partial charge on any atom is -0.377 e. The van der Waals surface area contributed by atoms with Crippen LogP contribution in [0.25, 0.3) is 0 Å². The summed E-state index contributed by atoms with van der Waals surface area (Å²) in [4.78, 5) is 6.81. The molecule has 0 spiro atoms. The van der Waals surface area contributed by atoms with Gasteiger partial charge in [-0.3, -0.25) is 9.67 Å². The van der Waals surface area contributed by atoms with E-state index < -0.39 is 0 Å². The Morgan fingerprint density at radius 2 is 2.38 bits per heavy atom. The Balaban J connectivity index is 0.00000208. The van der Waals surface area contributed by atoms with E-state index in [1.54, 1.807) is 0 Å². The molecule has 0 saturated carbocycles.